The third kappa shape index (κ3) is 6.91. The second-order valence-electron chi connectivity index (χ2n) is 23.6. The van der Waals surface area contributed by atoms with Gasteiger partial charge in [0.05, 0.1) is 11.4 Å². The molecule has 2 heteroatoms. The number of nitrogens with zero attached hydrogens (tertiary/aromatic N) is 2. The van der Waals surface area contributed by atoms with Crippen LogP contribution >= 0.6 is 0 Å². The average molecular weight is 1020 g/mol. The molecule has 2 atom stereocenters. The fraction of sp³-hybridized carbons (Fsp3) is 0.103. The van der Waals surface area contributed by atoms with Crippen LogP contribution in [0.2, 0.25) is 0 Å². The molecular formula is C78H58N2. The molecule has 0 saturated heterocycles. The predicted molar refractivity (Wildman–Crippen MR) is 340 cm³/mol. The predicted octanol–water partition coefficient (Wildman–Crippen LogP) is 21.3. The number of fused-ring (bicyclic) bond motifs is 8. The van der Waals surface area contributed by atoms with Gasteiger partial charge in [0.1, 0.15) is 0 Å². The van der Waals surface area contributed by atoms with Gasteiger partial charge in [0, 0.05) is 55.6 Å². The van der Waals surface area contributed by atoms with E-state index < -0.39 is 0 Å². The van der Waals surface area contributed by atoms with Crippen molar-refractivity contribution in [2.45, 2.75) is 44.4 Å². The van der Waals surface area contributed by atoms with E-state index in [4.69, 9.17) is 0 Å². The molecule has 0 bridgehead atoms. The topological polar surface area (TPSA) is 6.48 Å². The Morgan fingerprint density at radius 2 is 0.825 bits per heavy atom. The van der Waals surface area contributed by atoms with Gasteiger partial charge >= 0.3 is 0 Å². The van der Waals surface area contributed by atoms with E-state index in [1.165, 1.54) is 115 Å². The molecule has 13 aromatic carbocycles. The van der Waals surface area contributed by atoms with Crippen LogP contribution in [0.5, 0.6) is 0 Å². The van der Waals surface area contributed by atoms with Crippen molar-refractivity contribution in [3.05, 3.63) is 295 Å². The molecular weight excluding hydrogens is 965 g/mol. The lowest BCUT2D eigenvalue weighted by molar-refractivity contribution is 0.392. The lowest BCUT2D eigenvalue weighted by Gasteiger charge is -2.36. The molecule has 380 valence electrons. The van der Waals surface area contributed by atoms with Crippen molar-refractivity contribution in [2.75, 3.05) is 9.80 Å². The summed E-state index contributed by atoms with van der Waals surface area (Å²) in [5.41, 5.74) is 19.6. The molecule has 0 saturated carbocycles. The third-order valence-corrected chi connectivity index (χ3v) is 18.6. The highest BCUT2D eigenvalue weighted by molar-refractivity contribution is 6.32. The van der Waals surface area contributed by atoms with Crippen LogP contribution in [0.1, 0.15) is 55.9 Å². The van der Waals surface area contributed by atoms with Crippen LogP contribution < -0.4 is 9.80 Å². The number of hydrogen-bond donors (Lipinski definition) is 0. The SMILES string of the molecule is CC1(C)c2ccccc2-c2ccc(N(c3ccc4ccccc4c3)c3cc(-c4ccccc4)c4ccc5c(N(C6=CC7C(C=C6)c6ccccc6C7(C)C)c6ccc7ccccc7c6)cc(-c6ccccc6)c6ccc3c4c65)cc21. The highest BCUT2D eigenvalue weighted by Gasteiger charge is 2.45. The molecule has 0 N–H and O–H groups in total. The molecule has 0 amide bonds. The van der Waals surface area contributed by atoms with Gasteiger partial charge in [0.15, 0.2) is 0 Å². The summed E-state index contributed by atoms with van der Waals surface area (Å²) >= 11 is 0. The molecule has 3 aliphatic rings. The Kier molecular flexibility index (Phi) is 10.2. The molecule has 80 heavy (non-hydrogen) atoms. The molecule has 16 rings (SSSR count). The monoisotopic (exact) mass is 1020 g/mol. The van der Waals surface area contributed by atoms with Gasteiger partial charge in [-0.25, -0.2) is 0 Å². The largest absolute Gasteiger partial charge is 0.310 e. The summed E-state index contributed by atoms with van der Waals surface area (Å²) in [4.78, 5) is 5.14. The summed E-state index contributed by atoms with van der Waals surface area (Å²) < 4.78 is 0. The zero-order chi connectivity index (χ0) is 53.4. The summed E-state index contributed by atoms with van der Waals surface area (Å²) in [7, 11) is 0. The summed E-state index contributed by atoms with van der Waals surface area (Å²) in [6.07, 6.45) is 7.51. The highest BCUT2D eigenvalue weighted by atomic mass is 15.2. The van der Waals surface area contributed by atoms with Gasteiger partial charge in [-0.05, 0) is 154 Å². The van der Waals surface area contributed by atoms with Crippen LogP contribution in [0, 0.1) is 5.92 Å². The number of benzene rings is 13. The maximum atomic E-state index is 2.60. The van der Waals surface area contributed by atoms with Crippen molar-refractivity contribution in [1.82, 2.24) is 0 Å². The van der Waals surface area contributed by atoms with Gasteiger partial charge in [-0.3, -0.25) is 0 Å². The Morgan fingerprint density at radius 1 is 0.350 bits per heavy atom. The summed E-state index contributed by atoms with van der Waals surface area (Å²) in [5.74, 6) is 0.573. The fourth-order valence-electron chi connectivity index (χ4n) is 14.7. The van der Waals surface area contributed by atoms with E-state index >= 15 is 0 Å². The molecule has 0 radical (unpaired) electrons. The van der Waals surface area contributed by atoms with E-state index in [1.54, 1.807) is 0 Å². The first-order chi connectivity index (χ1) is 39.2. The average Bonchev–Trinajstić information content (AvgIpc) is 4.01. The summed E-state index contributed by atoms with van der Waals surface area (Å²) in [6, 6.07) is 93.7. The van der Waals surface area contributed by atoms with Crippen molar-refractivity contribution in [1.29, 1.82) is 0 Å². The van der Waals surface area contributed by atoms with Gasteiger partial charge in [-0.1, -0.05) is 240 Å². The first-order valence-electron chi connectivity index (χ1n) is 28.4. The summed E-state index contributed by atoms with van der Waals surface area (Å²) in [5, 5.41) is 12.3. The van der Waals surface area contributed by atoms with Crippen molar-refractivity contribution in [3.63, 3.8) is 0 Å². The molecule has 0 spiro atoms. The number of hydrogen-bond acceptors (Lipinski definition) is 2. The minimum Gasteiger partial charge on any atom is -0.310 e. The Morgan fingerprint density at radius 3 is 1.45 bits per heavy atom. The van der Waals surface area contributed by atoms with Gasteiger partial charge in [-0.15, -0.1) is 0 Å². The molecule has 13 aromatic rings. The first kappa shape index (κ1) is 46.6. The second-order valence-corrected chi connectivity index (χ2v) is 23.6. The number of anilines is 5. The van der Waals surface area contributed by atoms with Crippen LogP contribution in [0.15, 0.2) is 273 Å². The summed E-state index contributed by atoms with van der Waals surface area (Å²) in [6.45, 7) is 9.67. The quantitative estimate of drug-likeness (QED) is 0.140. The fourth-order valence-corrected chi connectivity index (χ4v) is 14.7. The molecule has 0 aromatic heterocycles. The van der Waals surface area contributed by atoms with Crippen LogP contribution in [0.4, 0.5) is 28.4 Å². The molecule has 0 heterocycles. The Bertz CT molecular complexity index is 4730. The smallest absolute Gasteiger partial charge is 0.0546 e. The van der Waals surface area contributed by atoms with E-state index in [0.29, 0.717) is 5.92 Å². The molecule has 2 nitrogen and oxygen atoms in total. The van der Waals surface area contributed by atoms with E-state index in [0.717, 1.165) is 28.4 Å². The maximum Gasteiger partial charge on any atom is 0.0546 e. The van der Waals surface area contributed by atoms with Crippen LogP contribution in [0.3, 0.4) is 0 Å². The lowest BCUT2D eigenvalue weighted by atomic mass is 9.74. The normalized spacial score (nSPS) is 16.5. The van der Waals surface area contributed by atoms with E-state index in [-0.39, 0.29) is 16.7 Å². The Balaban J connectivity index is 1.01. The van der Waals surface area contributed by atoms with Crippen LogP contribution in [-0.4, -0.2) is 0 Å². The van der Waals surface area contributed by atoms with Gasteiger partial charge in [0.2, 0.25) is 0 Å². The van der Waals surface area contributed by atoms with E-state index in [9.17, 15) is 0 Å². The van der Waals surface area contributed by atoms with Crippen molar-refractivity contribution >= 4 is 82.3 Å². The number of rotatable bonds is 8. The zero-order valence-electron chi connectivity index (χ0n) is 45.5. The van der Waals surface area contributed by atoms with Gasteiger partial charge < -0.3 is 9.80 Å². The third-order valence-electron chi connectivity index (χ3n) is 18.6. The zero-order valence-corrected chi connectivity index (χ0v) is 45.5. The van der Waals surface area contributed by atoms with Crippen molar-refractivity contribution in [2.24, 2.45) is 5.92 Å². The highest BCUT2D eigenvalue weighted by Crippen LogP contribution is 2.57. The Hall–Kier alpha value is -9.50. The molecule has 3 aliphatic carbocycles. The maximum absolute atomic E-state index is 2.60. The van der Waals surface area contributed by atoms with Crippen molar-refractivity contribution in [3.8, 4) is 33.4 Å². The molecule has 2 unspecified atom stereocenters. The molecule has 0 fully saturated rings. The Labute approximate surface area is 468 Å². The van der Waals surface area contributed by atoms with Gasteiger partial charge in [0.25, 0.3) is 0 Å². The van der Waals surface area contributed by atoms with Gasteiger partial charge in [-0.2, -0.15) is 0 Å². The van der Waals surface area contributed by atoms with Crippen LogP contribution in [0.25, 0.3) is 87.2 Å². The van der Waals surface area contributed by atoms with Crippen LogP contribution in [-0.2, 0) is 10.8 Å². The number of allylic oxidation sites excluding steroid dienone is 3. The van der Waals surface area contributed by atoms with E-state index in [2.05, 4.69) is 304 Å². The van der Waals surface area contributed by atoms with E-state index in [1.807, 2.05) is 0 Å². The minimum atomic E-state index is -0.183. The van der Waals surface area contributed by atoms with Crippen molar-refractivity contribution < 1.29 is 0 Å². The minimum absolute atomic E-state index is 0.0656. The second kappa shape index (κ2) is 17.5. The first-order valence-corrected chi connectivity index (χ1v) is 28.4. The molecule has 0 aliphatic heterocycles. The lowest BCUT2D eigenvalue weighted by Crippen LogP contribution is -2.28. The standard InChI is InChI=1S/C78H58N2/c1-77(2)69-29-17-15-27-59(69)61-37-35-57(45-71(61)77)79(55-33-31-49-19-11-13-25-53(49)43-55)73-47-67(51-21-7-5-8-22-51)63-40-42-66-74(48-68(52-23-9-6-10-24-52)64-39-41-65(73)75(63)76(64)66)80(56-34-32-50-20-12-14-26-54(50)44-56)58-36-38-62-60-28-16-18-30-70(60)78(3,4)72(62)46-58/h5-48,61,71H,1-4H3.